The quantitative estimate of drug-likeness (QED) is 0.478. The highest BCUT2D eigenvalue weighted by Crippen LogP contribution is 2.62. The van der Waals surface area contributed by atoms with Gasteiger partial charge in [0.2, 0.25) is 0 Å². The van der Waals surface area contributed by atoms with E-state index in [4.69, 9.17) is 10.8 Å². The summed E-state index contributed by atoms with van der Waals surface area (Å²) in [6.45, 7) is 3.98. The van der Waals surface area contributed by atoms with Crippen molar-refractivity contribution in [2.45, 2.75) is 37.9 Å². The van der Waals surface area contributed by atoms with Crippen molar-refractivity contribution in [2.24, 2.45) is 10.4 Å². The maximum Gasteiger partial charge on any atom is 0.398 e. The van der Waals surface area contributed by atoms with Gasteiger partial charge in [0.05, 0.1) is 23.4 Å². The summed E-state index contributed by atoms with van der Waals surface area (Å²) in [4.78, 5) is 12.7. The van der Waals surface area contributed by atoms with E-state index in [0.29, 0.717) is 29.1 Å². The Bertz CT molecular complexity index is 1390. The van der Waals surface area contributed by atoms with Crippen LogP contribution in [0.5, 0.6) is 0 Å². The van der Waals surface area contributed by atoms with Gasteiger partial charge in [-0.1, -0.05) is 18.7 Å². The fraction of sp³-hybridized carbons (Fsp3) is 0.333. The van der Waals surface area contributed by atoms with Crippen LogP contribution in [-0.4, -0.2) is 38.3 Å². The zero-order valence-corrected chi connectivity index (χ0v) is 18.7. The van der Waals surface area contributed by atoms with Gasteiger partial charge in [-0.15, -0.1) is 0 Å². The van der Waals surface area contributed by atoms with E-state index in [1.54, 1.807) is 0 Å². The Labute approximate surface area is 198 Å². The Morgan fingerprint density at radius 3 is 2.51 bits per heavy atom. The van der Waals surface area contributed by atoms with E-state index in [9.17, 15) is 13.2 Å². The van der Waals surface area contributed by atoms with Crippen LogP contribution in [0.15, 0.2) is 59.6 Å². The van der Waals surface area contributed by atoms with Crippen molar-refractivity contribution < 1.29 is 13.2 Å². The van der Waals surface area contributed by atoms with Gasteiger partial charge in [0, 0.05) is 11.3 Å². The lowest BCUT2D eigenvalue weighted by molar-refractivity contribution is -0.175. The third-order valence-corrected chi connectivity index (χ3v) is 6.78. The summed E-state index contributed by atoms with van der Waals surface area (Å²) in [5.41, 5.74) is 7.84. The molecule has 2 aromatic heterocycles. The number of fused-ring (bicyclic) bond motifs is 1. The fourth-order valence-electron chi connectivity index (χ4n) is 4.55. The van der Waals surface area contributed by atoms with Crippen LogP contribution in [0.4, 0.5) is 24.7 Å². The SMILES string of the molecule is C=C(NC1=NCC(C2(C(F)(F)F)CC2)=C1)Nc1ccc(-c2nn(C3CC3)c3ncnc(N)c23)cc1. The van der Waals surface area contributed by atoms with Crippen molar-refractivity contribution >= 4 is 28.4 Å². The third kappa shape index (κ3) is 3.71. The maximum absolute atomic E-state index is 13.4. The normalized spacial score (nSPS) is 18.8. The minimum Gasteiger partial charge on any atom is -0.383 e. The van der Waals surface area contributed by atoms with E-state index in [1.165, 1.54) is 12.4 Å². The number of hydrogen-bond donors (Lipinski definition) is 3. The van der Waals surface area contributed by atoms with Gasteiger partial charge in [0.15, 0.2) is 5.65 Å². The molecule has 8 nitrogen and oxygen atoms in total. The molecule has 6 rings (SSSR count). The highest BCUT2D eigenvalue weighted by Gasteiger charge is 2.65. The van der Waals surface area contributed by atoms with Gasteiger partial charge < -0.3 is 16.4 Å². The zero-order chi connectivity index (χ0) is 24.4. The summed E-state index contributed by atoms with van der Waals surface area (Å²) in [5, 5.41) is 11.6. The van der Waals surface area contributed by atoms with Crippen LogP contribution in [0.25, 0.3) is 22.3 Å². The van der Waals surface area contributed by atoms with Crippen LogP contribution in [-0.2, 0) is 0 Å². The number of aliphatic imine (C=N–C) groups is 1. The Kier molecular flexibility index (Phi) is 4.67. The van der Waals surface area contributed by atoms with E-state index >= 15 is 0 Å². The summed E-state index contributed by atoms with van der Waals surface area (Å²) in [7, 11) is 0. The van der Waals surface area contributed by atoms with E-state index in [2.05, 4.69) is 32.2 Å². The average molecular weight is 480 g/mol. The van der Waals surface area contributed by atoms with Crippen molar-refractivity contribution in [1.82, 2.24) is 25.1 Å². The summed E-state index contributed by atoms with van der Waals surface area (Å²) >= 11 is 0. The summed E-state index contributed by atoms with van der Waals surface area (Å²) in [6, 6.07) is 7.89. The molecule has 2 saturated carbocycles. The molecule has 11 heteroatoms. The largest absolute Gasteiger partial charge is 0.398 e. The molecule has 3 heterocycles. The van der Waals surface area contributed by atoms with Crippen LogP contribution in [0.1, 0.15) is 31.7 Å². The molecule has 3 aromatic rings. The van der Waals surface area contributed by atoms with Crippen LogP contribution in [0.2, 0.25) is 0 Å². The molecule has 2 fully saturated rings. The molecule has 0 unspecified atom stereocenters. The number of nitrogens with zero attached hydrogens (tertiary/aromatic N) is 5. The van der Waals surface area contributed by atoms with Crippen LogP contribution < -0.4 is 16.4 Å². The first-order chi connectivity index (χ1) is 16.7. The Hall–Kier alpha value is -3.89. The Balaban J connectivity index is 1.16. The average Bonchev–Trinajstić information content (AvgIpc) is 3.74. The fourth-order valence-corrected chi connectivity index (χ4v) is 4.55. The molecule has 0 amide bonds. The standard InChI is InChI=1S/C24H23F3N8/c1-13(33-18-10-15(11-29-18)23(8-9-23)24(25,26)27)32-16-4-2-14(3-5-16)20-19-21(28)30-12-31-22(19)35(34-20)17-6-7-17/h2-5,10,12,17,32H,1,6-9,11H2,(H,29,33)(H2,28,30,31). The minimum atomic E-state index is -4.24. The maximum atomic E-state index is 13.4. The number of anilines is 2. The number of rotatable bonds is 6. The number of nitrogens with one attached hydrogen (secondary N) is 2. The number of nitrogens with two attached hydrogens (primary N) is 1. The predicted molar refractivity (Wildman–Crippen MR) is 127 cm³/mol. The lowest BCUT2D eigenvalue weighted by atomic mass is 9.95. The van der Waals surface area contributed by atoms with E-state index in [1.807, 2.05) is 28.9 Å². The first-order valence-corrected chi connectivity index (χ1v) is 11.4. The zero-order valence-electron chi connectivity index (χ0n) is 18.7. The van der Waals surface area contributed by atoms with Crippen molar-refractivity contribution in [1.29, 1.82) is 0 Å². The molecule has 4 N–H and O–H groups in total. The third-order valence-electron chi connectivity index (χ3n) is 6.78. The molecular formula is C24H23F3N8. The first-order valence-electron chi connectivity index (χ1n) is 11.4. The molecule has 0 bridgehead atoms. The summed E-state index contributed by atoms with van der Waals surface area (Å²) in [6.07, 6.45) is 1.09. The number of nitrogen functional groups attached to an aromatic ring is 1. The van der Waals surface area contributed by atoms with E-state index < -0.39 is 11.6 Å². The lowest BCUT2D eigenvalue weighted by Crippen LogP contribution is -2.27. The highest BCUT2D eigenvalue weighted by molar-refractivity contribution is 5.99. The monoisotopic (exact) mass is 480 g/mol. The van der Waals surface area contributed by atoms with Crippen LogP contribution >= 0.6 is 0 Å². The minimum absolute atomic E-state index is 0.0537. The molecule has 180 valence electrons. The number of aromatic nitrogens is 4. The molecule has 0 saturated heterocycles. The summed E-state index contributed by atoms with van der Waals surface area (Å²) < 4.78 is 42.0. The predicted octanol–water partition coefficient (Wildman–Crippen LogP) is 4.56. The molecule has 3 aliphatic rings. The van der Waals surface area contributed by atoms with Crippen LogP contribution in [0, 0.1) is 5.41 Å². The smallest absolute Gasteiger partial charge is 0.383 e. The van der Waals surface area contributed by atoms with Gasteiger partial charge >= 0.3 is 6.18 Å². The molecule has 2 aliphatic carbocycles. The van der Waals surface area contributed by atoms with Crippen molar-refractivity contribution in [2.75, 3.05) is 17.6 Å². The number of alkyl halides is 3. The molecule has 0 atom stereocenters. The Morgan fingerprint density at radius 2 is 1.86 bits per heavy atom. The first kappa shape index (κ1) is 21.6. The number of amidine groups is 1. The van der Waals surface area contributed by atoms with Gasteiger partial charge in [-0.25, -0.2) is 14.6 Å². The molecule has 0 radical (unpaired) electrons. The van der Waals surface area contributed by atoms with Gasteiger partial charge in [0.1, 0.15) is 29.5 Å². The topological polar surface area (TPSA) is 106 Å². The van der Waals surface area contributed by atoms with E-state index in [0.717, 1.165) is 40.8 Å². The second kappa shape index (κ2) is 7.56. The van der Waals surface area contributed by atoms with Gasteiger partial charge in [-0.05, 0) is 49.5 Å². The van der Waals surface area contributed by atoms with Gasteiger partial charge in [-0.3, -0.25) is 4.99 Å². The van der Waals surface area contributed by atoms with Crippen molar-refractivity contribution in [3.05, 3.63) is 54.6 Å². The van der Waals surface area contributed by atoms with Crippen molar-refractivity contribution in [3.8, 4) is 11.3 Å². The Morgan fingerprint density at radius 1 is 1.11 bits per heavy atom. The van der Waals surface area contributed by atoms with Crippen LogP contribution in [0.3, 0.4) is 0 Å². The molecule has 1 aliphatic heterocycles. The number of benzene rings is 1. The van der Waals surface area contributed by atoms with Gasteiger partial charge in [0.25, 0.3) is 0 Å². The second-order valence-electron chi connectivity index (χ2n) is 9.24. The number of halogens is 3. The summed E-state index contributed by atoms with van der Waals surface area (Å²) in [5.74, 6) is 1.17. The van der Waals surface area contributed by atoms with Crippen molar-refractivity contribution in [3.63, 3.8) is 0 Å². The molecule has 35 heavy (non-hydrogen) atoms. The molecule has 1 aromatic carbocycles. The highest BCUT2D eigenvalue weighted by atomic mass is 19.4. The molecule has 0 spiro atoms. The van der Waals surface area contributed by atoms with Gasteiger partial charge in [-0.2, -0.15) is 18.3 Å². The molecular weight excluding hydrogens is 457 g/mol. The van der Waals surface area contributed by atoms with E-state index in [-0.39, 0.29) is 19.4 Å². The second-order valence-corrected chi connectivity index (χ2v) is 9.24. The lowest BCUT2D eigenvalue weighted by Gasteiger charge is -2.19. The number of hydrogen-bond acceptors (Lipinski definition) is 7.